The van der Waals surface area contributed by atoms with Gasteiger partial charge in [0.05, 0.1) is 17.2 Å². The van der Waals surface area contributed by atoms with E-state index in [-0.39, 0.29) is 12.5 Å². The summed E-state index contributed by atoms with van der Waals surface area (Å²) < 4.78 is 5.91. The van der Waals surface area contributed by atoms with Crippen LogP contribution in [0.4, 0.5) is 4.79 Å². The molecule has 1 spiro atoms. The minimum Gasteiger partial charge on any atom is -0.489 e. The van der Waals surface area contributed by atoms with Crippen molar-refractivity contribution in [1.82, 2.24) is 10.2 Å². The van der Waals surface area contributed by atoms with E-state index in [1.165, 1.54) is 4.90 Å². The molecule has 2 fully saturated rings. The van der Waals surface area contributed by atoms with Crippen molar-refractivity contribution in [3.8, 4) is 11.8 Å². The van der Waals surface area contributed by atoms with Gasteiger partial charge in [0.1, 0.15) is 17.9 Å². The molecule has 2 aromatic carbocycles. The number of benzene rings is 2. The van der Waals surface area contributed by atoms with E-state index in [9.17, 15) is 20.0 Å². The number of nitriles is 1. The summed E-state index contributed by atoms with van der Waals surface area (Å²) in [6.07, 6.45) is 0.459. The molecule has 2 aromatic rings. The average Bonchev–Trinajstić information content (AvgIpc) is 3.34. The first-order valence-electron chi connectivity index (χ1n) is 11.2. The molecule has 7 nitrogen and oxygen atoms in total. The first-order valence-corrected chi connectivity index (χ1v) is 11.2. The van der Waals surface area contributed by atoms with Crippen LogP contribution in [0, 0.1) is 16.7 Å². The molecule has 4 rings (SSSR count). The Hall–Kier alpha value is -3.53. The van der Waals surface area contributed by atoms with E-state index in [0.717, 1.165) is 11.1 Å². The Morgan fingerprint density at radius 1 is 1.15 bits per heavy atom. The minimum atomic E-state index is -1.08. The number of carboxylic acid groups (broad SMARTS) is 1. The summed E-state index contributed by atoms with van der Waals surface area (Å²) in [4.78, 5) is 26.9. The Labute approximate surface area is 194 Å². The van der Waals surface area contributed by atoms with E-state index >= 15 is 0 Å². The molecule has 2 saturated heterocycles. The SMILES string of the molecule is CC(C)(C)[C@@]1(c2ccc(OCc3ccccc3C#N)cc2)CC[C@]2(CCNC2=O)N1C(=O)O. The number of carbonyl (C=O) groups excluding carboxylic acids is 1. The molecule has 0 unspecified atom stereocenters. The first kappa shape index (κ1) is 22.7. The third-order valence-electron chi connectivity index (χ3n) is 7.25. The van der Waals surface area contributed by atoms with Crippen LogP contribution in [-0.2, 0) is 16.9 Å². The van der Waals surface area contributed by atoms with Crippen LogP contribution < -0.4 is 10.1 Å². The van der Waals surface area contributed by atoms with Crippen molar-refractivity contribution in [1.29, 1.82) is 5.26 Å². The van der Waals surface area contributed by atoms with Crippen LogP contribution in [0.1, 0.15) is 56.7 Å². The van der Waals surface area contributed by atoms with Gasteiger partial charge >= 0.3 is 6.09 Å². The van der Waals surface area contributed by atoms with Crippen LogP contribution in [0.25, 0.3) is 0 Å². The van der Waals surface area contributed by atoms with Gasteiger partial charge in [-0.15, -0.1) is 0 Å². The van der Waals surface area contributed by atoms with Gasteiger partial charge in [-0.25, -0.2) is 4.79 Å². The van der Waals surface area contributed by atoms with Crippen molar-refractivity contribution in [2.75, 3.05) is 6.54 Å². The number of likely N-dealkylation sites (tertiary alicyclic amines) is 1. The Bertz CT molecular complexity index is 1120. The highest BCUT2D eigenvalue weighted by atomic mass is 16.5. The maximum absolute atomic E-state index is 12.8. The zero-order chi connectivity index (χ0) is 23.9. The van der Waals surface area contributed by atoms with Gasteiger partial charge in [-0.2, -0.15) is 5.26 Å². The third kappa shape index (κ3) is 3.50. The molecule has 0 saturated carbocycles. The predicted octanol–water partition coefficient (Wildman–Crippen LogP) is 4.41. The number of hydrogen-bond donors (Lipinski definition) is 2. The summed E-state index contributed by atoms with van der Waals surface area (Å²) in [6, 6.07) is 16.9. The highest BCUT2D eigenvalue weighted by Gasteiger charge is 2.66. The molecule has 2 aliphatic heterocycles. The molecule has 2 N–H and O–H groups in total. The van der Waals surface area contributed by atoms with Gasteiger partial charge < -0.3 is 15.2 Å². The summed E-state index contributed by atoms with van der Waals surface area (Å²) >= 11 is 0. The molecule has 2 heterocycles. The molecule has 7 heteroatoms. The van der Waals surface area contributed by atoms with Gasteiger partial charge in [-0.1, -0.05) is 51.1 Å². The van der Waals surface area contributed by atoms with E-state index in [2.05, 4.69) is 11.4 Å². The van der Waals surface area contributed by atoms with Gasteiger partial charge in [0.15, 0.2) is 0 Å². The molecule has 2 aliphatic rings. The average molecular weight is 448 g/mol. The van der Waals surface area contributed by atoms with Gasteiger partial charge in [-0.05, 0) is 48.4 Å². The van der Waals surface area contributed by atoms with Gasteiger partial charge in [0.2, 0.25) is 5.91 Å². The van der Waals surface area contributed by atoms with E-state index < -0.39 is 22.6 Å². The second-order valence-electron chi connectivity index (χ2n) is 9.85. The van der Waals surface area contributed by atoms with Crippen molar-refractivity contribution >= 4 is 12.0 Å². The monoisotopic (exact) mass is 447 g/mol. The maximum atomic E-state index is 12.8. The largest absolute Gasteiger partial charge is 0.489 e. The quantitative estimate of drug-likeness (QED) is 0.723. The highest BCUT2D eigenvalue weighted by molar-refractivity contribution is 5.92. The van der Waals surface area contributed by atoms with Crippen molar-refractivity contribution < 1.29 is 19.4 Å². The predicted molar refractivity (Wildman–Crippen MR) is 123 cm³/mol. The second kappa shape index (κ2) is 8.11. The van der Waals surface area contributed by atoms with E-state index in [4.69, 9.17) is 4.74 Å². The standard InChI is InChI=1S/C26H29N3O4/c1-24(2,3)26(13-12-25(29(26)23(31)32)14-15-28-22(25)30)20-8-10-21(11-9-20)33-17-19-7-5-4-6-18(19)16-27/h4-11H,12-15,17H2,1-3H3,(H,28,30)(H,31,32)/t25-,26+/m1/s1. The van der Waals surface area contributed by atoms with Crippen molar-refractivity contribution in [3.05, 3.63) is 65.2 Å². The van der Waals surface area contributed by atoms with Crippen LogP contribution in [0.15, 0.2) is 48.5 Å². The number of carbonyl (C=O) groups is 2. The summed E-state index contributed by atoms with van der Waals surface area (Å²) in [6.45, 7) is 6.83. The third-order valence-corrected chi connectivity index (χ3v) is 7.25. The van der Waals surface area contributed by atoms with Crippen LogP contribution in [0.2, 0.25) is 0 Å². The zero-order valence-electron chi connectivity index (χ0n) is 19.2. The van der Waals surface area contributed by atoms with Crippen molar-refractivity contribution in [2.24, 2.45) is 5.41 Å². The van der Waals surface area contributed by atoms with Crippen molar-refractivity contribution in [2.45, 2.75) is 57.7 Å². The fourth-order valence-electron chi connectivity index (χ4n) is 5.60. The number of amides is 2. The molecular weight excluding hydrogens is 418 g/mol. The second-order valence-corrected chi connectivity index (χ2v) is 9.85. The van der Waals surface area contributed by atoms with Gasteiger partial charge in [0, 0.05) is 12.1 Å². The smallest absolute Gasteiger partial charge is 0.408 e. The lowest BCUT2D eigenvalue weighted by Crippen LogP contribution is -2.62. The Morgan fingerprint density at radius 2 is 1.85 bits per heavy atom. The lowest BCUT2D eigenvalue weighted by molar-refractivity contribution is -0.131. The molecular formula is C26H29N3O4. The summed E-state index contributed by atoms with van der Waals surface area (Å²) in [7, 11) is 0. The van der Waals surface area contributed by atoms with Crippen LogP contribution in [0.5, 0.6) is 5.75 Å². The number of hydrogen-bond acceptors (Lipinski definition) is 4. The minimum absolute atomic E-state index is 0.202. The first-order chi connectivity index (χ1) is 15.7. The van der Waals surface area contributed by atoms with E-state index in [1.807, 2.05) is 63.2 Å². The fraction of sp³-hybridized carbons (Fsp3) is 0.423. The number of nitrogens with zero attached hydrogens (tertiary/aromatic N) is 2. The zero-order valence-corrected chi connectivity index (χ0v) is 19.2. The normalized spacial score (nSPS) is 24.5. The van der Waals surface area contributed by atoms with Crippen LogP contribution in [-0.4, -0.2) is 34.1 Å². The molecule has 172 valence electrons. The lowest BCUT2D eigenvalue weighted by Gasteiger charge is -2.50. The Kier molecular flexibility index (Phi) is 5.57. The summed E-state index contributed by atoms with van der Waals surface area (Å²) in [5.74, 6) is 0.427. The van der Waals surface area contributed by atoms with Gasteiger partial charge in [-0.3, -0.25) is 9.69 Å². The highest BCUT2D eigenvalue weighted by Crippen LogP contribution is 2.58. The summed E-state index contributed by atoms with van der Waals surface area (Å²) in [5, 5.41) is 22.4. The Morgan fingerprint density at radius 3 is 2.42 bits per heavy atom. The number of nitrogens with one attached hydrogen (secondary N) is 1. The molecule has 0 bridgehead atoms. The topological polar surface area (TPSA) is 103 Å². The molecule has 2 atom stereocenters. The van der Waals surface area contributed by atoms with Crippen molar-refractivity contribution in [3.63, 3.8) is 0 Å². The number of rotatable bonds is 4. The molecule has 0 aliphatic carbocycles. The molecule has 0 radical (unpaired) electrons. The van der Waals surface area contributed by atoms with Gasteiger partial charge in [0.25, 0.3) is 0 Å². The Balaban J connectivity index is 1.67. The molecule has 0 aromatic heterocycles. The van der Waals surface area contributed by atoms with Crippen LogP contribution in [0.3, 0.4) is 0 Å². The lowest BCUT2D eigenvalue weighted by atomic mass is 9.67. The number of ether oxygens (including phenoxy) is 1. The summed E-state index contributed by atoms with van der Waals surface area (Å²) in [5.41, 5.74) is -0.117. The molecule has 33 heavy (non-hydrogen) atoms. The fourth-order valence-corrected chi connectivity index (χ4v) is 5.60. The van der Waals surface area contributed by atoms with E-state index in [0.29, 0.717) is 37.1 Å². The maximum Gasteiger partial charge on any atom is 0.408 e. The van der Waals surface area contributed by atoms with E-state index in [1.54, 1.807) is 6.07 Å². The van der Waals surface area contributed by atoms with Crippen LogP contribution >= 0.6 is 0 Å². The molecule has 2 amide bonds.